The average Bonchev–Trinajstić information content (AvgIpc) is 1.71. The summed E-state index contributed by atoms with van der Waals surface area (Å²) >= 11 is 0. The van der Waals surface area contributed by atoms with Crippen LogP contribution in [0.15, 0.2) is 54.6 Å². The van der Waals surface area contributed by atoms with E-state index in [-0.39, 0.29) is 95.6 Å². The highest BCUT2D eigenvalue weighted by Crippen LogP contribution is 2.13. The predicted molar refractivity (Wildman–Crippen MR) is 326 cm³/mol. The highest BCUT2D eigenvalue weighted by molar-refractivity contribution is 5.99. The van der Waals surface area contributed by atoms with Crippen LogP contribution < -0.4 is 92.5 Å². The Bertz CT molecular complexity index is 2750. The molecule has 0 aromatic heterocycles. The Kier molecular flexibility index (Phi) is 32.9. The third kappa shape index (κ3) is 25.3. The molecule has 0 spiro atoms. The third-order valence-corrected chi connectivity index (χ3v) is 14.3. The van der Waals surface area contributed by atoms with Crippen LogP contribution >= 0.6 is 0 Å². The highest BCUT2D eigenvalue weighted by atomic mass is 19.1. The summed E-state index contributed by atoms with van der Waals surface area (Å²) in [6, 6.07) is -3.01. The van der Waals surface area contributed by atoms with Gasteiger partial charge in [0.2, 0.25) is 70.9 Å². The molecule has 32 heteroatoms. The van der Waals surface area contributed by atoms with E-state index in [0.717, 1.165) is 19.9 Å². The zero-order valence-corrected chi connectivity index (χ0v) is 51.4. The van der Waals surface area contributed by atoms with Crippen LogP contribution in [0.3, 0.4) is 0 Å². The SMILES string of the molecule is CC(=O)N[C@H](Cc1ccccc1F)C(=O)N[C@@H](CCN)C(=O)N[C@H](C(=O)N[C@@H](CCN)C(=O)N[C@H]1CCNC(=O)[C@H]([C@@H](C)O)NC(=O)[C@H](CCN)NC(=O)[C@H](CCN)NC(=O)[C@H](CC(C)C)NC(=O)[C@@H](Cc2ccccc2)NC(=O)[C@@H](CCN)NC1=O)[C@H](C)O. The van der Waals surface area contributed by atoms with E-state index in [0.29, 0.717) is 5.56 Å². The Hall–Kier alpha value is -8.27. The van der Waals surface area contributed by atoms with Gasteiger partial charge < -0.3 is 103 Å². The van der Waals surface area contributed by atoms with Gasteiger partial charge in [-0.3, -0.25) is 57.5 Å². The topological polar surface area (TPSA) is 520 Å². The van der Waals surface area contributed by atoms with Gasteiger partial charge in [0.15, 0.2) is 0 Å². The maximum Gasteiger partial charge on any atom is 0.245 e. The Balaban J connectivity index is 2.08. The molecule has 12 amide bonds. The number of nitrogens with two attached hydrogens (primary N) is 5. The van der Waals surface area contributed by atoms with Crippen molar-refractivity contribution in [3.8, 4) is 0 Å². The third-order valence-electron chi connectivity index (χ3n) is 14.3. The summed E-state index contributed by atoms with van der Waals surface area (Å²) in [4.78, 5) is 167. The number of rotatable bonds is 27. The van der Waals surface area contributed by atoms with E-state index >= 15 is 0 Å². The first-order valence-electron chi connectivity index (χ1n) is 29.9. The van der Waals surface area contributed by atoms with E-state index in [1.807, 2.05) is 0 Å². The number of carbonyl (C=O) groups is 12. The van der Waals surface area contributed by atoms with Crippen molar-refractivity contribution in [1.29, 1.82) is 0 Å². The number of nitrogens with one attached hydrogen (secondary N) is 12. The molecule has 0 bridgehead atoms. The lowest BCUT2D eigenvalue weighted by Gasteiger charge is -2.29. The van der Waals surface area contributed by atoms with Gasteiger partial charge in [-0.15, -0.1) is 0 Å². The maximum absolute atomic E-state index is 14.6. The average molecular weight is 1270 g/mol. The van der Waals surface area contributed by atoms with E-state index in [1.54, 1.807) is 44.2 Å². The number of benzene rings is 2. The number of aliphatic hydroxyl groups is 2. The van der Waals surface area contributed by atoms with Crippen LogP contribution in [-0.4, -0.2) is 199 Å². The molecule has 31 nitrogen and oxygen atoms in total. The molecule has 1 heterocycles. The second kappa shape index (κ2) is 39.0. The number of amides is 12. The van der Waals surface area contributed by atoms with Gasteiger partial charge in [-0.2, -0.15) is 0 Å². The van der Waals surface area contributed by atoms with Crippen molar-refractivity contribution in [1.82, 2.24) is 63.8 Å². The number of carbonyl (C=O) groups excluding carboxylic acids is 12. The lowest BCUT2D eigenvalue weighted by atomic mass is 10.00. The van der Waals surface area contributed by atoms with Gasteiger partial charge in [-0.25, -0.2) is 4.39 Å². The van der Waals surface area contributed by atoms with Crippen molar-refractivity contribution in [2.75, 3.05) is 39.3 Å². The van der Waals surface area contributed by atoms with E-state index in [9.17, 15) is 72.1 Å². The largest absolute Gasteiger partial charge is 0.391 e. The van der Waals surface area contributed by atoms with Crippen molar-refractivity contribution < 1.29 is 72.1 Å². The first-order valence-corrected chi connectivity index (χ1v) is 29.9. The summed E-state index contributed by atoms with van der Waals surface area (Å²) in [5.74, 6) is -12.4. The van der Waals surface area contributed by atoms with Crippen LogP contribution in [-0.2, 0) is 70.4 Å². The van der Waals surface area contributed by atoms with Crippen LogP contribution in [0.2, 0.25) is 0 Å². The van der Waals surface area contributed by atoms with Gasteiger partial charge >= 0.3 is 0 Å². The Morgan fingerprint density at radius 2 is 1.01 bits per heavy atom. The van der Waals surface area contributed by atoms with E-state index in [2.05, 4.69) is 63.8 Å². The van der Waals surface area contributed by atoms with Crippen molar-refractivity contribution in [2.45, 2.75) is 171 Å². The van der Waals surface area contributed by atoms with Gasteiger partial charge in [0, 0.05) is 26.3 Å². The zero-order valence-electron chi connectivity index (χ0n) is 51.4. The fourth-order valence-corrected chi connectivity index (χ4v) is 9.48. The molecule has 1 saturated heterocycles. The molecule has 2 aromatic rings. The molecule has 24 N–H and O–H groups in total. The Morgan fingerprint density at radius 1 is 0.544 bits per heavy atom. The Labute approximate surface area is 521 Å². The fraction of sp³-hybridized carbons (Fsp3) is 0.586. The fourth-order valence-electron chi connectivity index (χ4n) is 9.48. The monoisotopic (exact) mass is 1270 g/mol. The molecule has 0 unspecified atom stereocenters. The van der Waals surface area contributed by atoms with Gasteiger partial charge in [0.1, 0.15) is 72.3 Å². The molecule has 0 aliphatic carbocycles. The molecule has 90 heavy (non-hydrogen) atoms. The van der Waals surface area contributed by atoms with E-state index < -0.39 is 168 Å². The normalized spacial score (nSPS) is 22.2. The minimum Gasteiger partial charge on any atom is -0.391 e. The molecule has 0 saturated carbocycles. The van der Waals surface area contributed by atoms with Gasteiger partial charge in [-0.1, -0.05) is 62.4 Å². The molecule has 2 aromatic carbocycles. The van der Waals surface area contributed by atoms with E-state index in [4.69, 9.17) is 28.7 Å². The van der Waals surface area contributed by atoms with Crippen molar-refractivity contribution >= 4 is 70.9 Å². The first-order chi connectivity index (χ1) is 42.7. The molecule has 0 radical (unpaired) electrons. The quantitative estimate of drug-likeness (QED) is 0.0395. The van der Waals surface area contributed by atoms with Crippen LogP contribution in [0.4, 0.5) is 4.39 Å². The maximum atomic E-state index is 14.6. The molecule has 1 aliphatic heterocycles. The predicted octanol–water partition coefficient (Wildman–Crippen LogP) is -6.96. The molecule has 13 atom stereocenters. The van der Waals surface area contributed by atoms with Crippen molar-refractivity contribution in [3.63, 3.8) is 0 Å². The standard InChI is InChI=1S/C58H92FN17O14/c1-30(2)27-43-54(86)69-37(15-21-60)48(80)68-40(18-24-63)52(84)75-46(31(3)77)57(89)65-26-20-42(51(83)67-38(16-22-61)50(82)74-44(55(87)73-43)28-34-11-7-6-8-12-34)71-49(81)39(17-23-62)72-58(90)47(32(4)78)76-53(85)41(19-25-64)70-56(88)45(66-33(5)79)29-35-13-9-10-14-36(35)59/h6-14,30-32,37-47,77-78H,15-29,60-64H2,1-5H3,(H,65,89)(H,66,79)(H,67,83)(H,68,80)(H,69,86)(H,70,88)(H,71,81)(H,72,90)(H,73,87)(H,74,82)(H,75,84)(H,76,85)/t31-,32+,37+,38-,39+,40+,41+,42+,43+,44-,45-,46+,47+/m1/s1. The van der Waals surface area contributed by atoms with E-state index in [1.165, 1.54) is 25.1 Å². The first kappa shape index (κ1) is 76.0. The van der Waals surface area contributed by atoms with Gasteiger partial charge in [0.25, 0.3) is 0 Å². The second-order valence-electron chi connectivity index (χ2n) is 22.3. The van der Waals surface area contributed by atoms with Crippen LogP contribution in [0, 0.1) is 11.7 Å². The van der Waals surface area contributed by atoms with Crippen LogP contribution in [0.1, 0.15) is 90.7 Å². The summed E-state index contributed by atoms with van der Waals surface area (Å²) in [5, 5.41) is 51.7. The molecule has 1 fully saturated rings. The summed E-state index contributed by atoms with van der Waals surface area (Å²) < 4.78 is 14.6. The van der Waals surface area contributed by atoms with Gasteiger partial charge in [0.05, 0.1) is 12.2 Å². The Morgan fingerprint density at radius 3 is 1.52 bits per heavy atom. The summed E-state index contributed by atoms with van der Waals surface area (Å²) in [7, 11) is 0. The number of hydrogen-bond donors (Lipinski definition) is 19. The molecular weight excluding hydrogens is 1180 g/mol. The molecule has 1 aliphatic rings. The van der Waals surface area contributed by atoms with Crippen molar-refractivity contribution in [3.05, 3.63) is 71.5 Å². The lowest BCUT2D eigenvalue weighted by Crippen LogP contribution is -2.62. The summed E-state index contributed by atoms with van der Waals surface area (Å²) in [6.45, 7) is 5.44. The smallest absolute Gasteiger partial charge is 0.245 e. The minimum atomic E-state index is -1.85. The van der Waals surface area contributed by atoms with Crippen molar-refractivity contribution in [2.24, 2.45) is 34.6 Å². The summed E-state index contributed by atoms with van der Waals surface area (Å²) in [5.41, 5.74) is 30.0. The second-order valence-corrected chi connectivity index (χ2v) is 22.3. The molecular formula is C58H92FN17O14. The van der Waals surface area contributed by atoms with Gasteiger partial charge in [-0.05, 0) is 115 Å². The highest BCUT2D eigenvalue weighted by Gasteiger charge is 2.38. The number of hydrogen-bond acceptors (Lipinski definition) is 19. The van der Waals surface area contributed by atoms with Crippen LogP contribution in [0.5, 0.6) is 0 Å². The number of halogens is 1. The molecule has 500 valence electrons. The number of aliphatic hydroxyl groups excluding tert-OH is 2. The zero-order chi connectivity index (χ0) is 67.2. The minimum absolute atomic E-state index is 0.0235. The lowest BCUT2D eigenvalue weighted by molar-refractivity contribution is -0.137. The summed E-state index contributed by atoms with van der Waals surface area (Å²) in [6.07, 6.45) is -5.45. The van der Waals surface area contributed by atoms with Crippen LogP contribution in [0.25, 0.3) is 0 Å². The molecule has 3 rings (SSSR count).